The average Bonchev–Trinajstić information content (AvgIpc) is 2.25. The second kappa shape index (κ2) is 4.91. The Balaban J connectivity index is 3.07. The van der Waals surface area contributed by atoms with Crippen molar-refractivity contribution in [3.05, 3.63) is 22.2 Å². The van der Waals surface area contributed by atoms with Crippen molar-refractivity contribution in [2.45, 2.75) is 18.9 Å². The summed E-state index contributed by atoms with van der Waals surface area (Å²) in [5, 5.41) is 27.8. The summed E-state index contributed by atoms with van der Waals surface area (Å²) >= 11 is 3.05. The van der Waals surface area contributed by atoms with Gasteiger partial charge in [-0.15, -0.1) is 0 Å². The average molecular weight is 305 g/mol. The number of carboxylic acid groups (broad SMARTS) is 1. The zero-order chi connectivity index (χ0) is 13.2. The van der Waals surface area contributed by atoms with Crippen LogP contribution in [0.3, 0.4) is 0 Å². The molecule has 1 rings (SSSR count). The first-order chi connectivity index (χ1) is 7.80. The summed E-state index contributed by atoms with van der Waals surface area (Å²) in [5.74, 6) is 3.49. The van der Waals surface area contributed by atoms with Gasteiger partial charge in [0, 0.05) is 6.42 Å². The van der Waals surface area contributed by atoms with Crippen molar-refractivity contribution in [2.24, 2.45) is 5.84 Å². The van der Waals surface area contributed by atoms with Crippen molar-refractivity contribution < 1.29 is 20.1 Å². The first kappa shape index (κ1) is 13.8. The summed E-state index contributed by atoms with van der Waals surface area (Å²) in [5.41, 5.74) is 1.40. The highest BCUT2D eigenvalue weighted by atomic mass is 79.9. The van der Waals surface area contributed by atoms with Crippen LogP contribution in [0.2, 0.25) is 0 Å². The molecule has 1 aromatic carbocycles. The Hall–Kier alpha value is -1.31. The van der Waals surface area contributed by atoms with E-state index in [4.69, 9.17) is 10.9 Å². The lowest BCUT2D eigenvalue weighted by Gasteiger charge is -2.23. The molecule has 1 aromatic rings. The van der Waals surface area contributed by atoms with Gasteiger partial charge in [-0.2, -0.15) is 0 Å². The number of benzene rings is 1. The standard InChI is InChI=1S/C10H13BrN2O4/c1-10(13-12,9(16)17)4-5-2-6(11)8(15)7(14)3-5/h2-3,13-15H,4,12H2,1H3,(H,16,17)/t10-/m1/s1. The highest BCUT2D eigenvalue weighted by Gasteiger charge is 2.32. The predicted octanol–water partition coefficient (Wildman–Crippen LogP) is 0.709. The molecule has 17 heavy (non-hydrogen) atoms. The van der Waals surface area contributed by atoms with E-state index in [0.29, 0.717) is 5.56 Å². The smallest absolute Gasteiger partial charge is 0.325 e. The molecule has 0 aliphatic rings. The van der Waals surface area contributed by atoms with Gasteiger partial charge in [-0.05, 0) is 40.5 Å². The Morgan fingerprint density at radius 1 is 1.53 bits per heavy atom. The third kappa shape index (κ3) is 2.87. The molecule has 0 radical (unpaired) electrons. The Kier molecular flexibility index (Phi) is 3.97. The van der Waals surface area contributed by atoms with Crippen molar-refractivity contribution >= 4 is 21.9 Å². The quantitative estimate of drug-likeness (QED) is 0.318. The van der Waals surface area contributed by atoms with Gasteiger partial charge in [-0.25, -0.2) is 5.43 Å². The highest BCUT2D eigenvalue weighted by molar-refractivity contribution is 9.10. The lowest BCUT2D eigenvalue weighted by molar-refractivity contribution is -0.144. The number of nitrogens with two attached hydrogens (primary N) is 1. The normalized spacial score (nSPS) is 14.3. The Labute approximate surface area is 106 Å². The predicted molar refractivity (Wildman–Crippen MR) is 64.5 cm³/mol. The van der Waals surface area contributed by atoms with E-state index in [9.17, 15) is 15.0 Å². The molecule has 0 fully saturated rings. The first-order valence-corrected chi connectivity index (χ1v) is 5.51. The molecule has 7 heteroatoms. The van der Waals surface area contributed by atoms with E-state index in [-0.39, 0.29) is 22.4 Å². The zero-order valence-electron chi connectivity index (χ0n) is 9.07. The highest BCUT2D eigenvalue weighted by Crippen LogP contribution is 2.35. The Bertz CT molecular complexity index is 429. The number of hydrogen-bond acceptors (Lipinski definition) is 5. The van der Waals surface area contributed by atoms with E-state index in [1.807, 2.05) is 0 Å². The largest absolute Gasteiger partial charge is 0.504 e. The van der Waals surface area contributed by atoms with E-state index in [2.05, 4.69) is 21.4 Å². The van der Waals surface area contributed by atoms with Gasteiger partial charge in [-0.1, -0.05) is 0 Å². The summed E-state index contributed by atoms with van der Waals surface area (Å²) in [7, 11) is 0. The maximum absolute atomic E-state index is 11.0. The van der Waals surface area contributed by atoms with Crippen LogP contribution in [0.15, 0.2) is 16.6 Å². The number of hydrazine groups is 1. The van der Waals surface area contributed by atoms with Crippen LogP contribution in [0.4, 0.5) is 0 Å². The van der Waals surface area contributed by atoms with Crippen molar-refractivity contribution in [1.82, 2.24) is 5.43 Å². The number of phenolic OH excluding ortho intramolecular Hbond substituents is 2. The van der Waals surface area contributed by atoms with Crippen LogP contribution in [0.25, 0.3) is 0 Å². The molecule has 0 heterocycles. The van der Waals surface area contributed by atoms with Gasteiger partial charge in [0.15, 0.2) is 11.5 Å². The molecule has 0 aliphatic heterocycles. The van der Waals surface area contributed by atoms with E-state index in [0.717, 1.165) is 0 Å². The van der Waals surface area contributed by atoms with Gasteiger partial charge in [0.1, 0.15) is 5.54 Å². The molecule has 0 aromatic heterocycles. The van der Waals surface area contributed by atoms with Crippen LogP contribution >= 0.6 is 15.9 Å². The number of hydrogen-bond donors (Lipinski definition) is 5. The second-order valence-electron chi connectivity index (χ2n) is 3.90. The van der Waals surface area contributed by atoms with E-state index < -0.39 is 11.5 Å². The second-order valence-corrected chi connectivity index (χ2v) is 4.76. The van der Waals surface area contributed by atoms with Gasteiger partial charge >= 0.3 is 5.97 Å². The molecule has 0 spiro atoms. The minimum atomic E-state index is -1.34. The van der Waals surface area contributed by atoms with Gasteiger partial charge in [0.05, 0.1) is 4.47 Å². The van der Waals surface area contributed by atoms with Crippen LogP contribution in [0.1, 0.15) is 12.5 Å². The number of rotatable bonds is 4. The fourth-order valence-corrected chi connectivity index (χ4v) is 1.83. The maximum atomic E-state index is 11.0. The summed E-state index contributed by atoms with van der Waals surface area (Å²) in [6, 6.07) is 2.81. The minimum absolute atomic E-state index is 0.0608. The molecule has 6 nitrogen and oxygen atoms in total. The number of aliphatic carboxylic acids is 1. The van der Waals surface area contributed by atoms with Gasteiger partial charge in [-0.3, -0.25) is 10.6 Å². The molecule has 1 atom stereocenters. The summed E-state index contributed by atoms with van der Waals surface area (Å²) in [6.45, 7) is 1.42. The zero-order valence-corrected chi connectivity index (χ0v) is 10.7. The minimum Gasteiger partial charge on any atom is -0.504 e. The number of halogens is 1. The van der Waals surface area contributed by atoms with Crippen molar-refractivity contribution in [1.29, 1.82) is 0 Å². The molecule has 0 aliphatic carbocycles. The van der Waals surface area contributed by atoms with Crippen LogP contribution in [-0.2, 0) is 11.2 Å². The molecule has 0 saturated heterocycles. The molecular formula is C10H13BrN2O4. The third-order valence-corrected chi connectivity index (χ3v) is 3.06. The Morgan fingerprint density at radius 2 is 2.12 bits per heavy atom. The number of nitrogens with one attached hydrogen (secondary N) is 1. The monoisotopic (exact) mass is 304 g/mol. The summed E-state index contributed by atoms with van der Waals surface area (Å²) in [4.78, 5) is 11.0. The van der Waals surface area contributed by atoms with Gasteiger partial charge < -0.3 is 15.3 Å². The van der Waals surface area contributed by atoms with Crippen LogP contribution in [0.5, 0.6) is 11.5 Å². The molecule has 0 unspecified atom stereocenters. The number of aromatic hydroxyl groups is 2. The molecule has 6 N–H and O–H groups in total. The SMILES string of the molecule is C[C@](Cc1cc(O)c(O)c(Br)c1)(NN)C(=O)O. The van der Waals surface area contributed by atoms with E-state index in [1.54, 1.807) is 0 Å². The van der Waals surface area contributed by atoms with Gasteiger partial charge in [0.2, 0.25) is 0 Å². The summed E-state index contributed by atoms with van der Waals surface area (Å²) in [6.07, 6.45) is 0.0608. The number of carbonyl (C=O) groups is 1. The first-order valence-electron chi connectivity index (χ1n) is 4.71. The number of carboxylic acids is 1. The van der Waals surface area contributed by atoms with Gasteiger partial charge in [0.25, 0.3) is 0 Å². The Morgan fingerprint density at radius 3 is 2.53 bits per heavy atom. The molecule has 0 amide bonds. The lowest BCUT2D eigenvalue weighted by Crippen LogP contribution is -2.54. The maximum Gasteiger partial charge on any atom is 0.325 e. The fourth-order valence-electron chi connectivity index (χ4n) is 1.34. The molecule has 0 saturated carbocycles. The van der Waals surface area contributed by atoms with Crippen LogP contribution < -0.4 is 11.3 Å². The van der Waals surface area contributed by atoms with E-state index in [1.165, 1.54) is 19.1 Å². The number of phenols is 2. The van der Waals surface area contributed by atoms with Crippen molar-refractivity contribution in [2.75, 3.05) is 0 Å². The molecule has 94 valence electrons. The van der Waals surface area contributed by atoms with Crippen molar-refractivity contribution in [3.63, 3.8) is 0 Å². The topological polar surface area (TPSA) is 116 Å². The van der Waals surface area contributed by atoms with E-state index >= 15 is 0 Å². The molecular weight excluding hydrogens is 292 g/mol. The van der Waals surface area contributed by atoms with Crippen molar-refractivity contribution in [3.8, 4) is 11.5 Å². The molecule has 0 bridgehead atoms. The third-order valence-electron chi connectivity index (χ3n) is 2.45. The van der Waals surface area contributed by atoms with Crippen LogP contribution in [-0.4, -0.2) is 26.8 Å². The summed E-state index contributed by atoms with van der Waals surface area (Å²) < 4.78 is 0.289. The fraction of sp³-hybridized carbons (Fsp3) is 0.300. The lowest BCUT2D eigenvalue weighted by atomic mass is 9.93. The van der Waals surface area contributed by atoms with Crippen LogP contribution in [0, 0.1) is 0 Å².